The molecule has 90 heavy (non-hydrogen) atoms. The number of aliphatic hydroxyl groups is 11. The Balaban J connectivity index is 1.40. The van der Waals surface area contributed by atoms with Gasteiger partial charge in [0.1, 0.15) is 73.2 Å². The van der Waals surface area contributed by atoms with Crippen molar-refractivity contribution >= 4 is 5.91 Å². The van der Waals surface area contributed by atoms with Gasteiger partial charge in [-0.25, -0.2) is 0 Å². The van der Waals surface area contributed by atoms with Crippen molar-refractivity contribution in [2.45, 2.75) is 369 Å². The minimum Gasteiger partial charge on any atom is -0.394 e. The van der Waals surface area contributed by atoms with Gasteiger partial charge in [-0.15, -0.1) is 0 Å². The lowest BCUT2D eigenvalue weighted by Gasteiger charge is -2.48. The fraction of sp³-hybridized carbons (Fsp3) is 0.873. The van der Waals surface area contributed by atoms with Gasteiger partial charge in [0.25, 0.3) is 0 Å². The van der Waals surface area contributed by atoms with Gasteiger partial charge in [0, 0.05) is 6.42 Å². The number of ether oxygens (including phenoxy) is 6. The maximum absolute atomic E-state index is 13.4. The van der Waals surface area contributed by atoms with E-state index in [1.165, 1.54) is 161 Å². The normalized spacial score (nSPS) is 28.3. The van der Waals surface area contributed by atoms with E-state index in [0.717, 1.165) is 70.6 Å². The molecule has 12 N–H and O–H groups in total. The van der Waals surface area contributed by atoms with Crippen molar-refractivity contribution in [2.24, 2.45) is 0 Å². The van der Waals surface area contributed by atoms with Crippen LogP contribution in [-0.4, -0.2) is 193 Å². The van der Waals surface area contributed by atoms with E-state index in [9.17, 15) is 61.0 Å². The van der Waals surface area contributed by atoms with Gasteiger partial charge in [-0.3, -0.25) is 4.79 Å². The molecule has 526 valence electrons. The average molecular weight is 1280 g/mol. The Kier molecular flexibility index (Phi) is 48.2. The molecule has 0 aliphatic carbocycles. The first kappa shape index (κ1) is 82.0. The highest BCUT2D eigenvalue weighted by Crippen LogP contribution is 2.33. The highest BCUT2D eigenvalue weighted by atomic mass is 16.8. The Bertz CT molecular complexity index is 1820. The summed E-state index contributed by atoms with van der Waals surface area (Å²) in [5.41, 5.74) is 0. The molecule has 19 heteroatoms. The third-order valence-corrected chi connectivity index (χ3v) is 17.9. The van der Waals surface area contributed by atoms with Gasteiger partial charge < -0.3 is 89.9 Å². The van der Waals surface area contributed by atoms with E-state index in [0.29, 0.717) is 12.8 Å². The van der Waals surface area contributed by atoms with Crippen LogP contribution in [0.25, 0.3) is 0 Å². The number of allylic oxidation sites excluding steroid dienone is 8. The molecule has 3 aliphatic heterocycles. The number of hydrogen-bond donors (Lipinski definition) is 12. The standard InChI is InChI=1S/C71H129NO18/c1-3-5-7-9-11-13-15-17-19-21-23-24-25-26-27-28-29-30-31-33-35-37-39-41-43-45-47-49-59(77)72-54(55(76)48-46-44-42-40-38-36-34-32-22-20-18-16-14-12-10-8-6-4-2)53-85-69-65(83)62(80)67(57(51-74)87-69)90-71-66(84)63(81)68(58(52-75)88-71)89-70-64(82)61(79)60(78)56(50-73)86-70/h5,7,11,13,17,19,23-24,54-58,60-71,73-76,78-84H,3-4,6,8-10,12,14-16,18,20-22,25-53H2,1-2H3,(H,72,77)/b7-5-,13-11-,19-17-,24-23-. The molecular formula is C71H129NO18. The number of carbonyl (C=O) groups excluding carboxylic acids is 1. The quantitative estimate of drug-likeness (QED) is 0.0199. The Morgan fingerprint density at radius 3 is 1.20 bits per heavy atom. The van der Waals surface area contributed by atoms with E-state index < -0.39 is 124 Å². The van der Waals surface area contributed by atoms with Crippen LogP contribution in [0.15, 0.2) is 48.6 Å². The molecule has 3 aliphatic rings. The van der Waals surface area contributed by atoms with Gasteiger partial charge in [-0.05, 0) is 51.4 Å². The van der Waals surface area contributed by atoms with Crippen molar-refractivity contribution in [1.82, 2.24) is 5.32 Å². The van der Waals surface area contributed by atoms with Crippen molar-refractivity contribution < 1.29 is 89.4 Å². The lowest BCUT2D eigenvalue weighted by Crippen LogP contribution is -2.66. The SMILES string of the molecule is CC/C=C\C/C=C\C/C=C\C/C=C\CCCCCCCCCCCCCCCCC(=O)NC(COC1OC(CO)C(OC2OC(CO)C(OC3OC(CO)C(O)C(O)C3O)C(O)C2O)C(O)C1O)C(O)CCCCCCCCCCCCCCCCCCCC. The molecule has 0 saturated carbocycles. The highest BCUT2D eigenvalue weighted by molar-refractivity contribution is 5.76. The van der Waals surface area contributed by atoms with Gasteiger partial charge in [-0.1, -0.05) is 255 Å². The van der Waals surface area contributed by atoms with E-state index in [1.807, 2.05) is 0 Å². The van der Waals surface area contributed by atoms with E-state index in [4.69, 9.17) is 28.4 Å². The fourth-order valence-electron chi connectivity index (χ4n) is 12.1. The molecule has 0 bridgehead atoms. The largest absolute Gasteiger partial charge is 0.394 e. The molecule has 0 aromatic rings. The van der Waals surface area contributed by atoms with Crippen molar-refractivity contribution in [3.8, 4) is 0 Å². The van der Waals surface area contributed by atoms with Crippen LogP contribution in [0.3, 0.4) is 0 Å². The number of hydrogen-bond acceptors (Lipinski definition) is 18. The molecule has 3 rings (SSSR count). The van der Waals surface area contributed by atoms with Crippen LogP contribution in [0.1, 0.15) is 264 Å². The first-order valence-corrected chi connectivity index (χ1v) is 35.9. The number of rotatable bonds is 55. The smallest absolute Gasteiger partial charge is 0.220 e. The summed E-state index contributed by atoms with van der Waals surface area (Å²) in [6.07, 6.45) is 36.1. The number of unbranched alkanes of at least 4 members (excludes halogenated alkanes) is 31. The minimum absolute atomic E-state index is 0.242. The van der Waals surface area contributed by atoms with Crippen molar-refractivity contribution in [2.75, 3.05) is 26.4 Å². The lowest BCUT2D eigenvalue weighted by atomic mass is 9.96. The molecule has 17 atom stereocenters. The summed E-state index contributed by atoms with van der Waals surface area (Å²) < 4.78 is 34.4. The summed E-state index contributed by atoms with van der Waals surface area (Å²) in [6, 6.07) is -0.889. The van der Waals surface area contributed by atoms with E-state index in [2.05, 4.69) is 67.8 Å². The second kappa shape index (κ2) is 53.0. The average Bonchev–Trinajstić information content (AvgIpc) is 0.866. The lowest BCUT2D eigenvalue weighted by molar-refractivity contribution is -0.379. The summed E-state index contributed by atoms with van der Waals surface area (Å²) in [6.45, 7) is 1.71. The van der Waals surface area contributed by atoms with Crippen molar-refractivity contribution in [3.63, 3.8) is 0 Å². The topological polar surface area (TPSA) is 307 Å². The Morgan fingerprint density at radius 2 is 0.767 bits per heavy atom. The van der Waals surface area contributed by atoms with Crippen LogP contribution in [0.2, 0.25) is 0 Å². The molecule has 17 unspecified atom stereocenters. The number of aliphatic hydroxyl groups excluding tert-OH is 11. The number of nitrogens with one attached hydrogen (secondary N) is 1. The molecule has 1 amide bonds. The third-order valence-electron chi connectivity index (χ3n) is 17.9. The molecule has 0 spiro atoms. The molecule has 19 nitrogen and oxygen atoms in total. The summed E-state index contributed by atoms with van der Waals surface area (Å²) in [5.74, 6) is -0.242. The first-order chi connectivity index (χ1) is 43.8. The van der Waals surface area contributed by atoms with Crippen molar-refractivity contribution in [1.29, 1.82) is 0 Å². The third kappa shape index (κ3) is 34.4. The van der Waals surface area contributed by atoms with E-state index >= 15 is 0 Å². The maximum atomic E-state index is 13.4. The highest BCUT2D eigenvalue weighted by Gasteiger charge is 2.53. The molecule has 3 fully saturated rings. The van der Waals surface area contributed by atoms with Gasteiger partial charge in [0.2, 0.25) is 5.91 Å². The van der Waals surface area contributed by atoms with Crippen LogP contribution >= 0.6 is 0 Å². The van der Waals surface area contributed by atoms with E-state index in [1.54, 1.807) is 0 Å². The second-order valence-corrected chi connectivity index (χ2v) is 25.7. The maximum Gasteiger partial charge on any atom is 0.220 e. The zero-order chi connectivity index (χ0) is 65.4. The Labute approximate surface area is 542 Å². The van der Waals surface area contributed by atoms with Crippen LogP contribution < -0.4 is 5.32 Å². The summed E-state index contributed by atoms with van der Waals surface area (Å²) in [7, 11) is 0. The Morgan fingerprint density at radius 1 is 0.411 bits per heavy atom. The van der Waals surface area contributed by atoms with Crippen LogP contribution in [0.5, 0.6) is 0 Å². The van der Waals surface area contributed by atoms with Crippen LogP contribution in [0, 0.1) is 0 Å². The van der Waals surface area contributed by atoms with Gasteiger partial charge >= 0.3 is 0 Å². The van der Waals surface area contributed by atoms with Gasteiger partial charge in [0.15, 0.2) is 18.9 Å². The number of amides is 1. The molecular weight excluding hydrogens is 1150 g/mol. The van der Waals surface area contributed by atoms with Crippen molar-refractivity contribution in [3.05, 3.63) is 48.6 Å². The molecule has 0 radical (unpaired) electrons. The predicted octanol–water partition coefficient (Wildman–Crippen LogP) is 9.78. The molecule has 0 aromatic heterocycles. The van der Waals surface area contributed by atoms with Crippen LogP contribution in [0.4, 0.5) is 0 Å². The van der Waals surface area contributed by atoms with Gasteiger partial charge in [0.05, 0.1) is 38.6 Å². The monoisotopic (exact) mass is 1280 g/mol. The zero-order valence-corrected chi connectivity index (χ0v) is 55.6. The molecule has 3 saturated heterocycles. The second-order valence-electron chi connectivity index (χ2n) is 25.7. The number of carbonyl (C=O) groups is 1. The summed E-state index contributed by atoms with van der Waals surface area (Å²) in [5, 5.41) is 121. The van der Waals surface area contributed by atoms with Gasteiger partial charge in [-0.2, -0.15) is 0 Å². The first-order valence-electron chi connectivity index (χ1n) is 35.9. The zero-order valence-electron chi connectivity index (χ0n) is 55.6. The molecule has 3 heterocycles. The summed E-state index contributed by atoms with van der Waals surface area (Å²) >= 11 is 0. The Hall–Kier alpha value is -2.25. The van der Waals surface area contributed by atoms with Crippen LogP contribution in [-0.2, 0) is 33.2 Å². The predicted molar refractivity (Wildman–Crippen MR) is 351 cm³/mol. The molecule has 0 aromatic carbocycles. The summed E-state index contributed by atoms with van der Waals surface area (Å²) in [4.78, 5) is 13.4. The minimum atomic E-state index is -1.97. The van der Waals surface area contributed by atoms with E-state index in [-0.39, 0.29) is 18.9 Å². The fourth-order valence-corrected chi connectivity index (χ4v) is 12.1.